The fourth-order valence-electron chi connectivity index (χ4n) is 2.73. The van der Waals surface area contributed by atoms with Crippen LogP contribution in [0, 0.1) is 0 Å². The molecular weight excluding hydrogens is 330 g/mol. The summed E-state index contributed by atoms with van der Waals surface area (Å²) in [6.07, 6.45) is 0.768. The van der Waals surface area contributed by atoms with Crippen LogP contribution in [0.3, 0.4) is 0 Å². The molecule has 4 heteroatoms. The Hall–Kier alpha value is -1.36. The van der Waals surface area contributed by atoms with E-state index in [4.69, 9.17) is 15.2 Å². The highest BCUT2D eigenvalue weighted by Gasteiger charge is 2.27. The molecule has 3 rings (SSSR count). The zero-order valence-corrected chi connectivity index (χ0v) is 13.5. The highest BCUT2D eigenvalue weighted by Crippen LogP contribution is 2.40. The van der Waals surface area contributed by atoms with Gasteiger partial charge in [-0.15, -0.1) is 0 Å². The first-order chi connectivity index (χ1) is 10.2. The molecule has 0 radical (unpaired) electrons. The first kappa shape index (κ1) is 14.6. The van der Waals surface area contributed by atoms with Crippen LogP contribution in [0.5, 0.6) is 5.75 Å². The molecule has 0 fully saturated rings. The molecule has 0 bridgehead atoms. The molecule has 0 saturated carbocycles. The quantitative estimate of drug-likeness (QED) is 0.908. The van der Waals surface area contributed by atoms with Gasteiger partial charge in [0.2, 0.25) is 0 Å². The van der Waals surface area contributed by atoms with E-state index in [0.717, 1.165) is 33.3 Å². The van der Waals surface area contributed by atoms with Gasteiger partial charge >= 0.3 is 0 Å². The number of hydrogen-bond donors (Lipinski definition) is 1. The van der Waals surface area contributed by atoms with Crippen LogP contribution in [-0.4, -0.2) is 7.11 Å². The van der Waals surface area contributed by atoms with Crippen molar-refractivity contribution in [2.45, 2.75) is 25.2 Å². The van der Waals surface area contributed by atoms with E-state index in [9.17, 15) is 0 Å². The van der Waals surface area contributed by atoms with Crippen molar-refractivity contribution in [3.63, 3.8) is 0 Å². The maximum Gasteiger partial charge on any atom is 0.126 e. The van der Waals surface area contributed by atoms with Gasteiger partial charge in [-0.25, -0.2) is 0 Å². The lowest BCUT2D eigenvalue weighted by molar-refractivity contribution is 0.160. The van der Waals surface area contributed by atoms with Gasteiger partial charge in [-0.1, -0.05) is 40.2 Å². The lowest BCUT2D eigenvalue weighted by Crippen LogP contribution is -2.24. The summed E-state index contributed by atoms with van der Waals surface area (Å²) in [7, 11) is 1.70. The summed E-state index contributed by atoms with van der Waals surface area (Å²) in [5.41, 5.74) is 9.66. The topological polar surface area (TPSA) is 44.5 Å². The molecule has 2 aromatic rings. The third kappa shape index (κ3) is 3.12. The predicted octanol–water partition coefficient (Wildman–Crippen LogP) is 4.12. The van der Waals surface area contributed by atoms with Crippen LogP contribution < -0.4 is 10.5 Å². The highest BCUT2D eigenvalue weighted by atomic mass is 79.9. The number of nitrogens with two attached hydrogens (primary N) is 1. The Morgan fingerprint density at radius 1 is 1.29 bits per heavy atom. The number of ether oxygens (including phenoxy) is 2. The molecule has 1 aliphatic rings. The third-order valence-corrected chi connectivity index (χ3v) is 4.24. The van der Waals surface area contributed by atoms with Crippen molar-refractivity contribution < 1.29 is 9.47 Å². The first-order valence-electron chi connectivity index (χ1n) is 6.97. The minimum absolute atomic E-state index is 0.00192. The second kappa shape index (κ2) is 6.18. The maximum absolute atomic E-state index is 6.30. The van der Waals surface area contributed by atoms with Crippen LogP contribution in [0.4, 0.5) is 0 Å². The number of methoxy groups -OCH3 is 1. The van der Waals surface area contributed by atoms with Gasteiger partial charge in [0.1, 0.15) is 11.9 Å². The summed E-state index contributed by atoms with van der Waals surface area (Å²) in [4.78, 5) is 0. The van der Waals surface area contributed by atoms with Crippen LogP contribution in [0.1, 0.15) is 35.3 Å². The minimum atomic E-state index is -0.0152. The van der Waals surface area contributed by atoms with Crippen molar-refractivity contribution in [1.82, 2.24) is 0 Å². The Balaban J connectivity index is 1.89. The molecule has 2 aromatic carbocycles. The fourth-order valence-corrected chi connectivity index (χ4v) is 3.07. The van der Waals surface area contributed by atoms with E-state index in [-0.39, 0.29) is 12.1 Å². The molecule has 2 N–H and O–H groups in total. The smallest absolute Gasteiger partial charge is 0.126 e. The van der Waals surface area contributed by atoms with Crippen LogP contribution >= 0.6 is 15.9 Å². The zero-order valence-electron chi connectivity index (χ0n) is 11.9. The number of halogens is 1. The van der Waals surface area contributed by atoms with Crippen molar-refractivity contribution in [1.29, 1.82) is 0 Å². The molecule has 0 saturated heterocycles. The van der Waals surface area contributed by atoms with E-state index in [0.29, 0.717) is 6.61 Å². The van der Waals surface area contributed by atoms with Crippen molar-refractivity contribution in [3.8, 4) is 5.75 Å². The van der Waals surface area contributed by atoms with Gasteiger partial charge < -0.3 is 15.2 Å². The first-order valence-corrected chi connectivity index (χ1v) is 7.76. The van der Waals surface area contributed by atoms with E-state index < -0.39 is 0 Å². The Morgan fingerprint density at radius 2 is 2.14 bits per heavy atom. The molecule has 110 valence electrons. The summed E-state index contributed by atoms with van der Waals surface area (Å²) < 4.78 is 12.3. The molecule has 0 aliphatic carbocycles. The minimum Gasteiger partial charge on any atom is -0.485 e. The highest BCUT2D eigenvalue weighted by molar-refractivity contribution is 9.10. The molecule has 1 heterocycles. The maximum atomic E-state index is 6.30. The van der Waals surface area contributed by atoms with Gasteiger partial charge in [-0.2, -0.15) is 0 Å². The van der Waals surface area contributed by atoms with Crippen LogP contribution in [0.25, 0.3) is 0 Å². The second-order valence-corrected chi connectivity index (χ2v) is 6.22. The van der Waals surface area contributed by atoms with E-state index in [1.165, 1.54) is 0 Å². The van der Waals surface area contributed by atoms with Gasteiger partial charge in [0.05, 0.1) is 6.61 Å². The van der Waals surface area contributed by atoms with E-state index >= 15 is 0 Å². The van der Waals surface area contributed by atoms with E-state index in [1.807, 2.05) is 24.3 Å². The fraction of sp³-hybridized carbons (Fsp3) is 0.294. The lowest BCUT2D eigenvalue weighted by atomic mass is 9.93. The van der Waals surface area contributed by atoms with Crippen LogP contribution in [0.2, 0.25) is 0 Å². The van der Waals surface area contributed by atoms with E-state index in [2.05, 4.69) is 34.1 Å². The molecular formula is C17H18BrNO2. The zero-order chi connectivity index (χ0) is 14.8. The van der Waals surface area contributed by atoms with Crippen molar-refractivity contribution in [2.24, 2.45) is 5.73 Å². The Labute approximate surface area is 133 Å². The van der Waals surface area contributed by atoms with Gasteiger partial charge in [-0.05, 0) is 29.3 Å². The van der Waals surface area contributed by atoms with Crippen molar-refractivity contribution in [3.05, 3.63) is 63.6 Å². The molecule has 21 heavy (non-hydrogen) atoms. The van der Waals surface area contributed by atoms with Crippen LogP contribution in [-0.2, 0) is 11.3 Å². The molecule has 2 atom stereocenters. The van der Waals surface area contributed by atoms with Gasteiger partial charge in [0.25, 0.3) is 0 Å². The Bertz CT molecular complexity index is 644. The number of hydrogen-bond acceptors (Lipinski definition) is 3. The summed E-state index contributed by atoms with van der Waals surface area (Å²) in [6.45, 7) is 0.606. The second-order valence-electron chi connectivity index (χ2n) is 5.31. The Kier molecular flexibility index (Phi) is 4.29. The predicted molar refractivity (Wildman–Crippen MR) is 86.2 cm³/mol. The third-order valence-electron chi connectivity index (χ3n) is 3.75. The monoisotopic (exact) mass is 347 g/mol. The van der Waals surface area contributed by atoms with Gasteiger partial charge in [0.15, 0.2) is 0 Å². The molecule has 1 aliphatic heterocycles. The number of fused-ring (bicyclic) bond motifs is 1. The number of benzene rings is 2. The standard InChI is InChI=1S/C17H18BrNO2/c1-20-10-11-3-2-4-12(7-11)16-9-15(19)14-6-5-13(18)8-17(14)21-16/h2-8,15-16H,9-10,19H2,1H3. The largest absolute Gasteiger partial charge is 0.485 e. The van der Waals surface area contributed by atoms with Crippen molar-refractivity contribution >= 4 is 15.9 Å². The van der Waals surface area contributed by atoms with Crippen LogP contribution in [0.15, 0.2) is 46.9 Å². The average Bonchev–Trinajstić information content (AvgIpc) is 2.47. The summed E-state index contributed by atoms with van der Waals surface area (Å²) in [5.74, 6) is 0.866. The SMILES string of the molecule is COCc1cccc(C2CC(N)c3ccc(Br)cc3O2)c1. The molecule has 3 nitrogen and oxygen atoms in total. The molecule has 0 spiro atoms. The summed E-state index contributed by atoms with van der Waals surface area (Å²) in [6, 6.07) is 14.3. The number of rotatable bonds is 3. The van der Waals surface area contributed by atoms with Gasteiger partial charge in [-0.3, -0.25) is 0 Å². The molecule has 2 unspecified atom stereocenters. The summed E-state index contributed by atoms with van der Waals surface area (Å²) >= 11 is 3.48. The summed E-state index contributed by atoms with van der Waals surface area (Å²) in [5, 5.41) is 0. The molecule has 0 aromatic heterocycles. The lowest BCUT2D eigenvalue weighted by Gasteiger charge is -2.31. The van der Waals surface area contributed by atoms with Gasteiger partial charge in [0, 0.05) is 29.6 Å². The Morgan fingerprint density at radius 3 is 2.95 bits per heavy atom. The van der Waals surface area contributed by atoms with E-state index in [1.54, 1.807) is 7.11 Å². The molecule has 0 amide bonds. The normalized spacial score (nSPS) is 20.7. The van der Waals surface area contributed by atoms with Crippen molar-refractivity contribution in [2.75, 3.05) is 7.11 Å². The average molecular weight is 348 g/mol.